The summed E-state index contributed by atoms with van der Waals surface area (Å²) in [6.07, 6.45) is 3.66. The second-order valence-electron chi connectivity index (χ2n) is 7.90. The molecule has 2 fully saturated rings. The van der Waals surface area contributed by atoms with Crippen molar-refractivity contribution < 1.29 is 9.47 Å². The Morgan fingerprint density at radius 3 is 2.53 bits per heavy atom. The van der Waals surface area contributed by atoms with Gasteiger partial charge in [0, 0.05) is 39.3 Å². The maximum absolute atomic E-state index is 6.01. The van der Waals surface area contributed by atoms with Crippen LogP contribution in [0.4, 0.5) is 0 Å². The zero-order chi connectivity index (χ0) is 20.5. The number of nitrogens with one attached hydrogen (secondary N) is 1. The lowest BCUT2D eigenvalue weighted by molar-refractivity contribution is -0.0817. The summed E-state index contributed by atoms with van der Waals surface area (Å²) in [5.74, 6) is 0.974. The summed E-state index contributed by atoms with van der Waals surface area (Å²) in [5.41, 5.74) is 1.38. The predicted octanol–water partition coefficient (Wildman–Crippen LogP) is 3.01. The standard InChI is InChI=1S/C23H38N4O2.HI/c1-4-26(5-2)20(16-19-10-7-6-8-11-19)17-25-23(24-3)27-13-15-29-22(18-27)21-12-9-14-28-21;/h6-8,10-11,20-22H,4-5,9,12-18H2,1-3H3,(H,24,25);1H. The number of aliphatic imine (C=N–C) groups is 1. The number of hydrogen-bond donors (Lipinski definition) is 1. The van der Waals surface area contributed by atoms with E-state index in [1.165, 1.54) is 5.56 Å². The highest BCUT2D eigenvalue weighted by atomic mass is 127. The smallest absolute Gasteiger partial charge is 0.193 e. The summed E-state index contributed by atoms with van der Waals surface area (Å²) in [6.45, 7) is 10.8. The van der Waals surface area contributed by atoms with E-state index in [2.05, 4.69) is 64.3 Å². The molecule has 170 valence electrons. The van der Waals surface area contributed by atoms with Gasteiger partial charge in [-0.25, -0.2) is 0 Å². The maximum Gasteiger partial charge on any atom is 0.193 e. The highest BCUT2D eigenvalue weighted by molar-refractivity contribution is 14.0. The molecule has 3 rings (SSSR count). The zero-order valence-electron chi connectivity index (χ0n) is 18.8. The third-order valence-corrected chi connectivity index (χ3v) is 6.12. The third kappa shape index (κ3) is 7.07. The Morgan fingerprint density at radius 2 is 1.90 bits per heavy atom. The van der Waals surface area contributed by atoms with E-state index in [0.29, 0.717) is 6.04 Å². The average molecular weight is 530 g/mol. The van der Waals surface area contributed by atoms with E-state index in [1.54, 1.807) is 0 Å². The molecule has 6 nitrogen and oxygen atoms in total. The molecule has 1 aromatic rings. The Morgan fingerprint density at radius 1 is 1.17 bits per heavy atom. The van der Waals surface area contributed by atoms with E-state index in [4.69, 9.17) is 9.47 Å². The predicted molar refractivity (Wildman–Crippen MR) is 134 cm³/mol. The molecule has 0 bridgehead atoms. The molecule has 2 heterocycles. The van der Waals surface area contributed by atoms with Crippen molar-refractivity contribution >= 4 is 29.9 Å². The van der Waals surface area contributed by atoms with Crippen LogP contribution in [0.25, 0.3) is 0 Å². The number of halogens is 1. The largest absolute Gasteiger partial charge is 0.375 e. The van der Waals surface area contributed by atoms with Gasteiger partial charge in [-0.2, -0.15) is 0 Å². The van der Waals surface area contributed by atoms with Crippen LogP contribution in [0.1, 0.15) is 32.3 Å². The molecule has 0 spiro atoms. The monoisotopic (exact) mass is 530 g/mol. The van der Waals surface area contributed by atoms with Gasteiger partial charge in [0.1, 0.15) is 6.10 Å². The quantitative estimate of drug-likeness (QED) is 0.318. The number of likely N-dealkylation sites (N-methyl/N-ethyl adjacent to an activating group) is 1. The first-order valence-electron chi connectivity index (χ1n) is 11.2. The van der Waals surface area contributed by atoms with E-state index in [-0.39, 0.29) is 36.2 Å². The van der Waals surface area contributed by atoms with Crippen molar-refractivity contribution in [2.24, 2.45) is 4.99 Å². The van der Waals surface area contributed by atoms with E-state index < -0.39 is 0 Å². The van der Waals surface area contributed by atoms with Gasteiger partial charge in [0.15, 0.2) is 5.96 Å². The summed E-state index contributed by atoms with van der Waals surface area (Å²) < 4.78 is 11.9. The molecule has 0 amide bonds. The molecule has 2 saturated heterocycles. The second kappa shape index (κ2) is 13.5. The highest BCUT2D eigenvalue weighted by Crippen LogP contribution is 2.21. The Hall–Kier alpha value is -0.900. The molecule has 0 aliphatic carbocycles. The summed E-state index contributed by atoms with van der Waals surface area (Å²) >= 11 is 0. The summed E-state index contributed by atoms with van der Waals surface area (Å²) in [5, 5.41) is 3.66. The number of morpholine rings is 1. The summed E-state index contributed by atoms with van der Waals surface area (Å²) in [6, 6.07) is 11.2. The van der Waals surface area contributed by atoms with E-state index in [1.807, 2.05) is 7.05 Å². The molecule has 0 radical (unpaired) electrons. The number of guanidine groups is 1. The van der Waals surface area contributed by atoms with Gasteiger partial charge in [-0.1, -0.05) is 44.2 Å². The van der Waals surface area contributed by atoms with E-state index in [9.17, 15) is 0 Å². The molecule has 3 atom stereocenters. The van der Waals surface area contributed by atoms with Crippen LogP contribution in [0.3, 0.4) is 0 Å². The fraction of sp³-hybridized carbons (Fsp3) is 0.696. The number of rotatable bonds is 8. The normalized spacial score (nSPS) is 23.3. The van der Waals surface area contributed by atoms with Crippen LogP contribution >= 0.6 is 24.0 Å². The van der Waals surface area contributed by atoms with Gasteiger partial charge in [-0.05, 0) is 37.9 Å². The minimum Gasteiger partial charge on any atom is -0.375 e. The van der Waals surface area contributed by atoms with Gasteiger partial charge in [0.25, 0.3) is 0 Å². The van der Waals surface area contributed by atoms with Gasteiger partial charge in [0.05, 0.1) is 12.7 Å². The van der Waals surface area contributed by atoms with Gasteiger partial charge in [-0.3, -0.25) is 9.89 Å². The molecule has 3 unspecified atom stereocenters. The Bertz CT molecular complexity index is 621. The summed E-state index contributed by atoms with van der Waals surface area (Å²) in [7, 11) is 1.88. The van der Waals surface area contributed by atoms with Crippen LogP contribution in [0.2, 0.25) is 0 Å². The van der Waals surface area contributed by atoms with Crippen LogP contribution < -0.4 is 5.32 Å². The maximum atomic E-state index is 6.01. The molecule has 0 aromatic heterocycles. The fourth-order valence-electron chi connectivity index (χ4n) is 4.49. The number of nitrogens with zero attached hydrogens (tertiary/aromatic N) is 3. The van der Waals surface area contributed by atoms with E-state index in [0.717, 1.165) is 71.2 Å². The summed E-state index contributed by atoms with van der Waals surface area (Å²) in [4.78, 5) is 9.44. The lowest BCUT2D eigenvalue weighted by atomic mass is 10.0. The van der Waals surface area contributed by atoms with Crippen LogP contribution in [-0.4, -0.2) is 87.0 Å². The molecule has 30 heavy (non-hydrogen) atoms. The third-order valence-electron chi connectivity index (χ3n) is 6.12. The van der Waals surface area contributed by atoms with E-state index >= 15 is 0 Å². The first kappa shape index (κ1) is 25.4. The van der Waals surface area contributed by atoms with Crippen LogP contribution in [0.15, 0.2) is 35.3 Å². The lowest BCUT2D eigenvalue weighted by Gasteiger charge is -2.38. The Balaban J connectivity index is 0.00000320. The van der Waals surface area contributed by atoms with Gasteiger partial charge in [0.2, 0.25) is 0 Å². The van der Waals surface area contributed by atoms with Gasteiger partial charge < -0.3 is 19.7 Å². The minimum atomic E-state index is 0. The van der Waals surface area contributed by atoms with Crippen molar-refractivity contribution in [3.63, 3.8) is 0 Å². The molecule has 7 heteroatoms. The number of ether oxygens (including phenoxy) is 2. The second-order valence-corrected chi connectivity index (χ2v) is 7.90. The van der Waals surface area contributed by atoms with Crippen molar-refractivity contribution in [3.05, 3.63) is 35.9 Å². The van der Waals surface area contributed by atoms with Crippen molar-refractivity contribution in [2.75, 3.05) is 53.0 Å². The highest BCUT2D eigenvalue weighted by Gasteiger charge is 2.32. The topological polar surface area (TPSA) is 49.3 Å². The van der Waals surface area contributed by atoms with Crippen LogP contribution in [0, 0.1) is 0 Å². The van der Waals surface area contributed by atoms with Crippen molar-refractivity contribution in [1.82, 2.24) is 15.1 Å². The fourth-order valence-corrected chi connectivity index (χ4v) is 4.49. The molecule has 1 N–H and O–H groups in total. The Kier molecular flexibility index (Phi) is 11.4. The average Bonchev–Trinajstić information content (AvgIpc) is 3.31. The Labute approximate surface area is 199 Å². The van der Waals surface area contributed by atoms with Crippen LogP contribution in [0.5, 0.6) is 0 Å². The number of hydrogen-bond acceptors (Lipinski definition) is 4. The molecular weight excluding hydrogens is 491 g/mol. The van der Waals surface area contributed by atoms with Crippen molar-refractivity contribution in [1.29, 1.82) is 0 Å². The number of benzene rings is 1. The first-order chi connectivity index (χ1) is 14.2. The zero-order valence-corrected chi connectivity index (χ0v) is 21.1. The van der Waals surface area contributed by atoms with Crippen LogP contribution in [-0.2, 0) is 15.9 Å². The molecule has 2 aliphatic heterocycles. The molecule has 0 saturated carbocycles. The van der Waals surface area contributed by atoms with Crippen molar-refractivity contribution in [3.8, 4) is 0 Å². The van der Waals surface area contributed by atoms with Gasteiger partial charge >= 0.3 is 0 Å². The SMILES string of the molecule is CCN(CC)C(CNC(=NC)N1CCOC(C2CCCO2)C1)Cc1ccccc1.I. The first-order valence-corrected chi connectivity index (χ1v) is 11.2. The van der Waals surface area contributed by atoms with Crippen molar-refractivity contribution in [2.45, 2.75) is 51.4 Å². The molecule has 2 aliphatic rings. The lowest BCUT2D eigenvalue weighted by Crippen LogP contribution is -2.55. The minimum absolute atomic E-state index is 0. The molecular formula is C23H39IN4O2. The van der Waals surface area contributed by atoms with Gasteiger partial charge in [-0.15, -0.1) is 24.0 Å². The molecule has 1 aromatic carbocycles.